The van der Waals surface area contributed by atoms with Crippen molar-refractivity contribution < 1.29 is 30.0 Å². The number of hydrogen-bond acceptors (Lipinski definition) is 6. The van der Waals surface area contributed by atoms with Gasteiger partial charge in [0.25, 0.3) is 0 Å². The Balaban J connectivity index is 0.000000271. The van der Waals surface area contributed by atoms with Crippen molar-refractivity contribution in [3.63, 3.8) is 0 Å². The molecule has 5 saturated carbocycles. The minimum atomic E-state index is -1.58. The summed E-state index contributed by atoms with van der Waals surface area (Å²) >= 11 is 0. The number of Topliss-reactive ketones (excluding diaryl/α,β-unsaturated/α-hetero) is 2. The monoisotopic (exact) mass is 492 g/mol. The second-order valence-corrected chi connectivity index (χ2v) is 13.1. The van der Waals surface area contributed by atoms with E-state index in [4.69, 9.17) is 5.11 Å². The number of aliphatic hydroxyl groups is 4. The van der Waals surface area contributed by atoms with Crippen LogP contribution in [0.25, 0.3) is 0 Å². The van der Waals surface area contributed by atoms with Crippen LogP contribution in [0, 0.1) is 40.4 Å². The smallest absolute Gasteiger partial charge is 0.190 e. The highest BCUT2D eigenvalue weighted by atomic mass is 16.3. The lowest BCUT2D eigenvalue weighted by Gasteiger charge is -2.60. The van der Waals surface area contributed by atoms with Crippen molar-refractivity contribution in [3.8, 4) is 0 Å². The molecule has 0 aromatic rings. The molecule has 0 aromatic carbocycles. The van der Waals surface area contributed by atoms with E-state index in [1.165, 1.54) is 19.3 Å². The molecular weight excluding hydrogens is 444 g/mol. The largest absolute Gasteiger partial charge is 0.393 e. The molecule has 5 aliphatic carbocycles. The van der Waals surface area contributed by atoms with E-state index < -0.39 is 23.4 Å². The normalized spacial score (nSPS) is 49.2. The number of rotatable bonds is 3. The van der Waals surface area contributed by atoms with Gasteiger partial charge in [0.1, 0.15) is 18.0 Å². The quantitative estimate of drug-likeness (QED) is 0.476. The fraction of sp³-hybridized carbons (Fsp3) is 0.931. The predicted molar refractivity (Wildman–Crippen MR) is 133 cm³/mol. The summed E-state index contributed by atoms with van der Waals surface area (Å²) in [6, 6.07) is 0. The molecule has 5 rings (SSSR count). The first-order valence-electron chi connectivity index (χ1n) is 14.3. The summed E-state index contributed by atoms with van der Waals surface area (Å²) in [5.74, 6) is 1.29. The summed E-state index contributed by atoms with van der Waals surface area (Å²) in [6.45, 7) is 5.70. The first kappa shape index (κ1) is 27.2. The zero-order valence-electron chi connectivity index (χ0n) is 22.0. The van der Waals surface area contributed by atoms with E-state index in [0.29, 0.717) is 12.3 Å². The molecule has 0 aliphatic heterocycles. The third-order valence-electron chi connectivity index (χ3n) is 11.5. The maximum absolute atomic E-state index is 13.4. The van der Waals surface area contributed by atoms with Crippen molar-refractivity contribution in [2.75, 3.05) is 6.61 Å². The first-order chi connectivity index (χ1) is 16.5. The van der Waals surface area contributed by atoms with Crippen LogP contribution >= 0.6 is 0 Å². The van der Waals surface area contributed by atoms with Crippen molar-refractivity contribution in [1.29, 1.82) is 0 Å². The summed E-state index contributed by atoms with van der Waals surface area (Å²) in [5, 5.41) is 39.7. The predicted octanol–water partition coefficient (Wildman–Crippen LogP) is 3.81. The molecule has 0 heterocycles. The molecule has 6 nitrogen and oxygen atoms in total. The van der Waals surface area contributed by atoms with Crippen LogP contribution in [0.4, 0.5) is 0 Å². The van der Waals surface area contributed by atoms with Gasteiger partial charge in [-0.3, -0.25) is 9.59 Å². The van der Waals surface area contributed by atoms with Crippen molar-refractivity contribution in [2.45, 2.75) is 122 Å². The van der Waals surface area contributed by atoms with Gasteiger partial charge in [-0.2, -0.15) is 0 Å². The summed E-state index contributed by atoms with van der Waals surface area (Å²) < 4.78 is 0. The average molecular weight is 493 g/mol. The highest BCUT2D eigenvalue weighted by Gasteiger charge is 2.68. The fourth-order valence-corrected chi connectivity index (χ4v) is 9.20. The van der Waals surface area contributed by atoms with Gasteiger partial charge in [0.05, 0.1) is 12.2 Å². The van der Waals surface area contributed by atoms with Gasteiger partial charge in [0, 0.05) is 17.8 Å². The zero-order chi connectivity index (χ0) is 25.6. The van der Waals surface area contributed by atoms with Crippen LogP contribution in [0.1, 0.15) is 104 Å². The summed E-state index contributed by atoms with van der Waals surface area (Å²) in [5.41, 5.74) is -2.40. The Labute approximate surface area is 210 Å². The summed E-state index contributed by atoms with van der Waals surface area (Å²) in [4.78, 5) is 25.7. The number of carbonyl (C=O) groups excluding carboxylic acids is 2. The van der Waals surface area contributed by atoms with Crippen molar-refractivity contribution in [1.82, 2.24) is 0 Å². The van der Waals surface area contributed by atoms with Crippen LogP contribution < -0.4 is 0 Å². The van der Waals surface area contributed by atoms with E-state index in [-0.39, 0.29) is 47.6 Å². The number of ketones is 2. The minimum absolute atomic E-state index is 0.0154. The number of hydrogen-bond donors (Lipinski definition) is 4. The van der Waals surface area contributed by atoms with E-state index >= 15 is 0 Å². The van der Waals surface area contributed by atoms with Gasteiger partial charge >= 0.3 is 0 Å². The Morgan fingerprint density at radius 3 is 2.26 bits per heavy atom. The maximum atomic E-state index is 13.4. The van der Waals surface area contributed by atoms with Crippen LogP contribution in [0.3, 0.4) is 0 Å². The number of aliphatic hydroxyl groups excluding tert-OH is 3. The van der Waals surface area contributed by atoms with E-state index in [1.54, 1.807) is 0 Å². The van der Waals surface area contributed by atoms with E-state index in [2.05, 4.69) is 13.8 Å². The topological polar surface area (TPSA) is 115 Å². The fourth-order valence-electron chi connectivity index (χ4n) is 9.20. The second kappa shape index (κ2) is 10.2. The molecule has 8 atom stereocenters. The zero-order valence-corrected chi connectivity index (χ0v) is 22.0. The maximum Gasteiger partial charge on any atom is 0.190 e. The Kier molecular flexibility index (Phi) is 7.89. The second-order valence-electron chi connectivity index (χ2n) is 13.1. The van der Waals surface area contributed by atoms with Gasteiger partial charge in [0.15, 0.2) is 5.78 Å². The molecule has 0 unspecified atom stereocenters. The Morgan fingerprint density at radius 1 is 0.943 bits per heavy atom. The van der Waals surface area contributed by atoms with Crippen LogP contribution in [0.5, 0.6) is 0 Å². The molecule has 200 valence electrons. The lowest BCUT2D eigenvalue weighted by atomic mass is 9.44. The molecule has 0 radical (unpaired) electrons. The van der Waals surface area contributed by atoms with Crippen LogP contribution in [0.15, 0.2) is 0 Å². The van der Waals surface area contributed by atoms with Crippen LogP contribution in [-0.4, -0.2) is 56.4 Å². The molecular formula is C29H48O6. The van der Waals surface area contributed by atoms with Gasteiger partial charge in [-0.25, -0.2) is 0 Å². The van der Waals surface area contributed by atoms with Crippen LogP contribution in [-0.2, 0) is 9.59 Å². The van der Waals surface area contributed by atoms with Gasteiger partial charge in [0.2, 0.25) is 0 Å². The minimum Gasteiger partial charge on any atom is -0.393 e. The SMILES string of the molecule is CCC1CCC(O)CC1.C[C@]12CC[C@@H](O)C[C@H]1CC[C@@H]1[C@@H]2C(=O)C[C@@]2(C)[C@H]1CC[C@]2(O)C(=O)CO. The Hall–Kier alpha value is -0.820. The molecule has 6 heteroatoms. The molecule has 0 aromatic heterocycles. The van der Waals surface area contributed by atoms with Crippen molar-refractivity contribution in [3.05, 3.63) is 0 Å². The lowest BCUT2D eigenvalue weighted by Crippen LogP contribution is -2.62. The third-order valence-corrected chi connectivity index (χ3v) is 11.5. The van der Waals surface area contributed by atoms with Gasteiger partial charge in [-0.15, -0.1) is 0 Å². The van der Waals surface area contributed by atoms with Crippen molar-refractivity contribution >= 4 is 11.6 Å². The average Bonchev–Trinajstić information content (AvgIpc) is 3.10. The van der Waals surface area contributed by atoms with Crippen molar-refractivity contribution in [2.24, 2.45) is 40.4 Å². The van der Waals surface area contributed by atoms with Gasteiger partial charge in [-0.1, -0.05) is 27.2 Å². The molecule has 5 fully saturated rings. The number of fused-ring (bicyclic) bond motifs is 5. The molecule has 0 saturated heterocycles. The first-order valence-corrected chi connectivity index (χ1v) is 14.3. The lowest BCUT2D eigenvalue weighted by molar-refractivity contribution is -0.180. The Bertz CT molecular complexity index is 790. The molecule has 0 spiro atoms. The molecule has 5 aliphatic rings. The summed E-state index contributed by atoms with van der Waals surface area (Å²) in [7, 11) is 0. The molecule has 0 bridgehead atoms. The van der Waals surface area contributed by atoms with E-state index in [0.717, 1.165) is 57.3 Å². The Morgan fingerprint density at radius 2 is 1.63 bits per heavy atom. The highest BCUT2D eigenvalue weighted by molar-refractivity contribution is 5.92. The molecule has 35 heavy (non-hydrogen) atoms. The number of carbonyl (C=O) groups is 2. The summed E-state index contributed by atoms with van der Waals surface area (Å²) in [6.07, 6.45) is 11.4. The molecule has 4 N–H and O–H groups in total. The highest BCUT2D eigenvalue weighted by Crippen LogP contribution is 2.67. The third kappa shape index (κ3) is 4.55. The van der Waals surface area contributed by atoms with E-state index in [9.17, 15) is 24.9 Å². The van der Waals surface area contributed by atoms with E-state index in [1.807, 2.05) is 6.92 Å². The van der Waals surface area contributed by atoms with Crippen LogP contribution in [0.2, 0.25) is 0 Å². The van der Waals surface area contributed by atoms with Gasteiger partial charge in [-0.05, 0) is 99.7 Å². The standard InChI is InChI=1S/C21H32O5.C8H16O/c1-19-7-5-13(23)9-12(19)3-4-14-15-6-8-21(26,17(25)11-22)20(15,2)10-16(24)18(14)19;1-2-7-3-5-8(9)6-4-7/h12-15,18,22-23,26H,3-11H2,1-2H3;7-9H,2-6H2,1H3/t12-,13-,14+,15+,18-,19+,20+,21+;/m1./s1. The molecule has 0 amide bonds. The van der Waals surface area contributed by atoms with Gasteiger partial charge < -0.3 is 20.4 Å².